The average molecular weight is 377 g/mol. The Balaban J connectivity index is 1.34. The van der Waals surface area contributed by atoms with E-state index in [1.807, 2.05) is 0 Å². The van der Waals surface area contributed by atoms with Crippen LogP contribution in [-0.4, -0.2) is 33.0 Å². The van der Waals surface area contributed by atoms with Crippen LogP contribution in [0.15, 0.2) is 55.0 Å². The van der Waals surface area contributed by atoms with Gasteiger partial charge in [-0.25, -0.2) is 0 Å². The summed E-state index contributed by atoms with van der Waals surface area (Å²) >= 11 is 0. The molecule has 0 fully saturated rings. The largest absolute Gasteiger partial charge is 0.457 e. The second-order valence-corrected chi connectivity index (χ2v) is 6.55. The second kappa shape index (κ2) is 7.91. The summed E-state index contributed by atoms with van der Waals surface area (Å²) in [6.45, 7) is 0. The molecule has 1 atom stereocenters. The number of fused-ring (bicyclic) bond motifs is 1. The van der Waals surface area contributed by atoms with Crippen molar-refractivity contribution in [3.8, 4) is 11.5 Å². The first kappa shape index (κ1) is 17.7. The van der Waals surface area contributed by atoms with Crippen LogP contribution >= 0.6 is 0 Å². The Morgan fingerprint density at radius 3 is 2.82 bits per heavy atom. The standard InChI is InChI=1S/C20H19N5O3/c26-19(20(27)24-15-5-4-13-12-22-25-18(13)11-15)23-14-2-1-3-17(10-14)28-16-6-8-21-9-7-16/h1-3,6-10,12,15H,4-5,11H2,(H,22,25)(H,23,26)(H,24,27)/t15-/m1/s1. The zero-order valence-electron chi connectivity index (χ0n) is 15.0. The molecule has 0 radical (unpaired) electrons. The van der Waals surface area contributed by atoms with Gasteiger partial charge in [0.1, 0.15) is 11.5 Å². The quantitative estimate of drug-likeness (QED) is 0.604. The molecule has 0 aliphatic heterocycles. The van der Waals surface area contributed by atoms with E-state index < -0.39 is 11.8 Å². The molecular weight excluding hydrogens is 358 g/mol. The first-order valence-electron chi connectivity index (χ1n) is 8.98. The summed E-state index contributed by atoms with van der Waals surface area (Å²) < 4.78 is 5.71. The van der Waals surface area contributed by atoms with E-state index in [0.29, 0.717) is 23.6 Å². The minimum absolute atomic E-state index is 0.0902. The number of H-pyrrole nitrogens is 1. The SMILES string of the molecule is O=C(Nc1cccc(Oc2ccncc2)c1)C(=O)N[C@@H]1CCc2cn[nH]c2C1. The zero-order valence-corrected chi connectivity index (χ0v) is 15.0. The highest BCUT2D eigenvalue weighted by molar-refractivity contribution is 6.39. The van der Waals surface area contributed by atoms with E-state index in [4.69, 9.17) is 4.74 Å². The van der Waals surface area contributed by atoms with Gasteiger partial charge in [-0.15, -0.1) is 0 Å². The van der Waals surface area contributed by atoms with Crippen molar-refractivity contribution in [2.75, 3.05) is 5.32 Å². The second-order valence-electron chi connectivity index (χ2n) is 6.55. The molecule has 3 aromatic rings. The number of benzene rings is 1. The van der Waals surface area contributed by atoms with Crippen LogP contribution in [-0.2, 0) is 22.4 Å². The highest BCUT2D eigenvalue weighted by Gasteiger charge is 2.24. The maximum Gasteiger partial charge on any atom is 0.313 e. The number of aromatic nitrogens is 3. The number of aromatic amines is 1. The van der Waals surface area contributed by atoms with Gasteiger partial charge < -0.3 is 15.4 Å². The molecule has 2 heterocycles. The predicted molar refractivity (Wildman–Crippen MR) is 102 cm³/mol. The first-order chi connectivity index (χ1) is 13.7. The van der Waals surface area contributed by atoms with E-state index in [0.717, 1.165) is 18.5 Å². The molecule has 1 aliphatic carbocycles. The number of aryl methyl sites for hydroxylation is 1. The van der Waals surface area contributed by atoms with Gasteiger partial charge in [-0.1, -0.05) is 6.07 Å². The first-order valence-corrected chi connectivity index (χ1v) is 8.98. The van der Waals surface area contributed by atoms with Gasteiger partial charge >= 0.3 is 11.8 Å². The zero-order chi connectivity index (χ0) is 19.3. The Bertz CT molecular complexity index is 986. The van der Waals surface area contributed by atoms with Crippen molar-refractivity contribution in [2.24, 2.45) is 0 Å². The summed E-state index contributed by atoms with van der Waals surface area (Å²) in [5, 5.41) is 12.3. The van der Waals surface area contributed by atoms with Crippen molar-refractivity contribution in [3.63, 3.8) is 0 Å². The third kappa shape index (κ3) is 4.17. The van der Waals surface area contributed by atoms with Gasteiger partial charge in [0.05, 0.1) is 6.20 Å². The molecule has 0 saturated carbocycles. The fourth-order valence-corrected chi connectivity index (χ4v) is 3.15. The van der Waals surface area contributed by atoms with E-state index in [1.165, 1.54) is 5.56 Å². The molecule has 3 N–H and O–H groups in total. The number of nitrogens with one attached hydrogen (secondary N) is 3. The van der Waals surface area contributed by atoms with Crippen molar-refractivity contribution in [1.29, 1.82) is 0 Å². The number of nitrogens with zero attached hydrogens (tertiary/aromatic N) is 2. The molecule has 28 heavy (non-hydrogen) atoms. The highest BCUT2D eigenvalue weighted by atomic mass is 16.5. The fraction of sp³-hybridized carbons (Fsp3) is 0.200. The highest BCUT2D eigenvalue weighted by Crippen LogP contribution is 2.23. The lowest BCUT2D eigenvalue weighted by atomic mass is 9.94. The Morgan fingerprint density at radius 2 is 1.96 bits per heavy atom. The van der Waals surface area contributed by atoms with E-state index in [9.17, 15) is 9.59 Å². The van der Waals surface area contributed by atoms with E-state index in [2.05, 4.69) is 25.8 Å². The van der Waals surface area contributed by atoms with Gasteiger partial charge in [0.2, 0.25) is 0 Å². The summed E-state index contributed by atoms with van der Waals surface area (Å²) in [4.78, 5) is 28.4. The molecule has 142 valence electrons. The molecule has 4 rings (SSSR count). The molecule has 1 aromatic carbocycles. The van der Waals surface area contributed by atoms with Crippen molar-refractivity contribution >= 4 is 17.5 Å². The number of carbonyl (C=O) groups is 2. The molecule has 0 bridgehead atoms. The number of carbonyl (C=O) groups excluding carboxylic acids is 2. The van der Waals surface area contributed by atoms with E-state index in [1.54, 1.807) is 55.0 Å². The minimum atomic E-state index is -0.712. The molecule has 2 amide bonds. The van der Waals surface area contributed by atoms with Gasteiger partial charge in [-0.05, 0) is 42.7 Å². The lowest BCUT2D eigenvalue weighted by Crippen LogP contribution is -2.44. The molecule has 0 spiro atoms. The van der Waals surface area contributed by atoms with Gasteiger partial charge in [-0.2, -0.15) is 5.10 Å². The Hall–Kier alpha value is -3.68. The number of hydrogen-bond donors (Lipinski definition) is 3. The summed E-state index contributed by atoms with van der Waals surface area (Å²) in [5.74, 6) is -0.194. The van der Waals surface area contributed by atoms with Crippen LogP contribution in [0, 0.1) is 0 Å². The van der Waals surface area contributed by atoms with Gasteiger partial charge in [0, 0.05) is 42.3 Å². The van der Waals surface area contributed by atoms with Gasteiger partial charge in [0.15, 0.2) is 0 Å². The van der Waals surface area contributed by atoms with Crippen LogP contribution in [0.5, 0.6) is 11.5 Å². The van der Waals surface area contributed by atoms with Crippen molar-refractivity contribution < 1.29 is 14.3 Å². The van der Waals surface area contributed by atoms with Crippen LogP contribution < -0.4 is 15.4 Å². The Kier molecular flexibility index (Phi) is 5.01. The normalized spacial score (nSPS) is 15.4. The molecule has 8 nitrogen and oxygen atoms in total. The smallest absolute Gasteiger partial charge is 0.313 e. The minimum Gasteiger partial charge on any atom is -0.457 e. The number of ether oxygens (including phenoxy) is 1. The molecule has 0 unspecified atom stereocenters. The summed E-state index contributed by atoms with van der Waals surface area (Å²) in [7, 11) is 0. The lowest BCUT2D eigenvalue weighted by molar-refractivity contribution is -0.136. The van der Waals surface area contributed by atoms with Gasteiger partial charge in [-0.3, -0.25) is 19.7 Å². The Morgan fingerprint density at radius 1 is 1.11 bits per heavy atom. The summed E-state index contributed by atoms with van der Waals surface area (Å²) in [5.41, 5.74) is 2.66. The third-order valence-electron chi connectivity index (χ3n) is 4.54. The average Bonchev–Trinajstić information content (AvgIpc) is 3.17. The maximum absolute atomic E-state index is 12.3. The van der Waals surface area contributed by atoms with Crippen LogP contribution in [0.2, 0.25) is 0 Å². The maximum atomic E-state index is 12.3. The van der Waals surface area contributed by atoms with Crippen molar-refractivity contribution in [2.45, 2.75) is 25.3 Å². The number of hydrogen-bond acceptors (Lipinski definition) is 5. The van der Waals surface area contributed by atoms with Crippen molar-refractivity contribution in [3.05, 3.63) is 66.2 Å². The Labute approximate surface area is 161 Å². The van der Waals surface area contributed by atoms with Crippen LogP contribution in [0.1, 0.15) is 17.7 Å². The molecule has 8 heteroatoms. The number of pyridine rings is 1. The summed E-state index contributed by atoms with van der Waals surface area (Å²) in [6.07, 6.45) is 7.31. The number of amides is 2. The molecule has 2 aromatic heterocycles. The van der Waals surface area contributed by atoms with Crippen molar-refractivity contribution in [1.82, 2.24) is 20.5 Å². The van der Waals surface area contributed by atoms with Gasteiger partial charge in [0.25, 0.3) is 0 Å². The predicted octanol–water partition coefficient (Wildman–Crippen LogP) is 2.21. The monoisotopic (exact) mass is 377 g/mol. The fourth-order valence-electron chi connectivity index (χ4n) is 3.15. The van der Waals surface area contributed by atoms with E-state index in [-0.39, 0.29) is 6.04 Å². The lowest BCUT2D eigenvalue weighted by Gasteiger charge is -2.22. The number of anilines is 1. The molecule has 1 aliphatic rings. The topological polar surface area (TPSA) is 109 Å². The van der Waals surface area contributed by atoms with E-state index >= 15 is 0 Å². The summed E-state index contributed by atoms with van der Waals surface area (Å²) in [6, 6.07) is 10.2. The van der Waals surface area contributed by atoms with Crippen LogP contribution in [0.3, 0.4) is 0 Å². The third-order valence-corrected chi connectivity index (χ3v) is 4.54. The van der Waals surface area contributed by atoms with Crippen LogP contribution in [0.25, 0.3) is 0 Å². The van der Waals surface area contributed by atoms with Crippen LogP contribution in [0.4, 0.5) is 5.69 Å². The molecular formula is C20H19N5O3. The molecule has 0 saturated heterocycles. The number of rotatable bonds is 4.